The molecule has 0 aliphatic heterocycles. The third-order valence-corrected chi connectivity index (χ3v) is 2.03. The van der Waals surface area contributed by atoms with Crippen LogP contribution in [0.15, 0.2) is 40.2 Å². The highest BCUT2D eigenvalue weighted by Crippen LogP contribution is 1.97. The van der Waals surface area contributed by atoms with Crippen LogP contribution in [0.25, 0.3) is 0 Å². The maximum atomic E-state index is 11.6. The molecule has 0 amide bonds. The number of hydrogen-bond acceptors (Lipinski definition) is 3. The smallest absolute Gasteiger partial charge is 0.253 e. The van der Waals surface area contributed by atoms with Gasteiger partial charge < -0.3 is 8.98 Å². The molecule has 2 rings (SSSR count). The first kappa shape index (κ1) is 8.74. The summed E-state index contributed by atoms with van der Waals surface area (Å²) in [4.78, 5) is 15.6. The summed E-state index contributed by atoms with van der Waals surface area (Å²) in [5.74, 6) is 0. The monoisotopic (exact) mass is 190 g/mol. The molecule has 2 heterocycles. The second-order valence-electron chi connectivity index (χ2n) is 3.10. The molecule has 0 radical (unpaired) electrons. The topological polar surface area (TPSA) is 48.0 Å². The molecule has 0 atom stereocenters. The third-order valence-electron chi connectivity index (χ3n) is 2.03. The van der Waals surface area contributed by atoms with E-state index in [1.807, 2.05) is 6.07 Å². The van der Waals surface area contributed by atoms with Crippen LogP contribution in [-0.2, 0) is 6.54 Å². The second kappa shape index (κ2) is 3.49. The highest BCUT2D eigenvalue weighted by Gasteiger charge is 2.01. The quantitative estimate of drug-likeness (QED) is 0.714. The molecule has 4 nitrogen and oxygen atoms in total. The van der Waals surface area contributed by atoms with Crippen LogP contribution in [0.3, 0.4) is 0 Å². The first-order chi connectivity index (χ1) is 6.77. The average molecular weight is 190 g/mol. The van der Waals surface area contributed by atoms with E-state index >= 15 is 0 Å². The van der Waals surface area contributed by atoms with Gasteiger partial charge in [-0.25, -0.2) is 4.98 Å². The fraction of sp³-hybridized carbons (Fsp3) is 0.200. The number of hydrogen-bond donors (Lipinski definition) is 0. The summed E-state index contributed by atoms with van der Waals surface area (Å²) in [7, 11) is 0. The Morgan fingerprint density at radius 1 is 1.57 bits per heavy atom. The molecule has 0 saturated heterocycles. The third kappa shape index (κ3) is 1.59. The lowest BCUT2D eigenvalue weighted by Crippen LogP contribution is -2.21. The summed E-state index contributed by atoms with van der Waals surface area (Å²) < 4.78 is 6.43. The zero-order valence-corrected chi connectivity index (χ0v) is 7.80. The second-order valence-corrected chi connectivity index (χ2v) is 3.10. The van der Waals surface area contributed by atoms with Crippen molar-refractivity contribution in [3.63, 3.8) is 0 Å². The summed E-state index contributed by atoms with van der Waals surface area (Å²) >= 11 is 0. The fourth-order valence-corrected chi connectivity index (χ4v) is 1.27. The van der Waals surface area contributed by atoms with Crippen molar-refractivity contribution in [3.8, 4) is 0 Å². The van der Waals surface area contributed by atoms with Crippen molar-refractivity contribution in [2.45, 2.75) is 13.5 Å². The average Bonchev–Trinajstić information content (AvgIpc) is 2.66. The molecule has 14 heavy (non-hydrogen) atoms. The Balaban J connectivity index is 2.34. The zero-order chi connectivity index (χ0) is 9.97. The van der Waals surface area contributed by atoms with Gasteiger partial charge in [0.25, 0.3) is 5.56 Å². The normalized spacial score (nSPS) is 10.4. The summed E-state index contributed by atoms with van der Waals surface area (Å²) in [6.45, 7) is 2.25. The van der Waals surface area contributed by atoms with E-state index in [0.717, 1.165) is 11.3 Å². The molecule has 0 N–H and O–H groups in total. The van der Waals surface area contributed by atoms with Crippen LogP contribution < -0.4 is 5.56 Å². The van der Waals surface area contributed by atoms with Crippen LogP contribution in [0.4, 0.5) is 0 Å². The Bertz CT molecular complexity index is 471. The van der Waals surface area contributed by atoms with Gasteiger partial charge in [-0.1, -0.05) is 6.07 Å². The Morgan fingerprint density at radius 2 is 2.43 bits per heavy atom. The molecule has 4 heteroatoms. The first-order valence-corrected chi connectivity index (χ1v) is 4.30. The van der Waals surface area contributed by atoms with Crippen molar-refractivity contribution in [3.05, 3.63) is 52.6 Å². The molecule has 0 aromatic carbocycles. The van der Waals surface area contributed by atoms with Crippen LogP contribution in [0.2, 0.25) is 0 Å². The minimum absolute atomic E-state index is 0.00972. The summed E-state index contributed by atoms with van der Waals surface area (Å²) in [5, 5.41) is 0. The van der Waals surface area contributed by atoms with Gasteiger partial charge >= 0.3 is 0 Å². The summed E-state index contributed by atoms with van der Waals surface area (Å²) in [6.07, 6.45) is 4.63. The van der Waals surface area contributed by atoms with Gasteiger partial charge in [-0.05, 0) is 13.0 Å². The number of aryl methyl sites for hydroxylation is 1. The van der Waals surface area contributed by atoms with Gasteiger partial charge in [-0.3, -0.25) is 4.79 Å². The number of nitrogens with zero attached hydrogens (tertiary/aromatic N) is 2. The van der Waals surface area contributed by atoms with Crippen molar-refractivity contribution in [2.24, 2.45) is 0 Å². The van der Waals surface area contributed by atoms with E-state index < -0.39 is 0 Å². The van der Waals surface area contributed by atoms with E-state index in [4.69, 9.17) is 4.42 Å². The maximum Gasteiger partial charge on any atom is 0.253 e. The highest BCUT2D eigenvalue weighted by atomic mass is 16.3. The Kier molecular flexibility index (Phi) is 2.18. The lowest BCUT2D eigenvalue weighted by atomic mass is 10.3. The van der Waals surface area contributed by atoms with Gasteiger partial charge in [0.2, 0.25) is 0 Å². The van der Waals surface area contributed by atoms with E-state index in [1.165, 1.54) is 12.7 Å². The maximum absolute atomic E-state index is 11.6. The van der Waals surface area contributed by atoms with Gasteiger partial charge in [0, 0.05) is 11.8 Å². The fourth-order valence-electron chi connectivity index (χ4n) is 1.27. The molecule has 0 bridgehead atoms. The summed E-state index contributed by atoms with van der Waals surface area (Å²) in [6, 6.07) is 3.64. The van der Waals surface area contributed by atoms with Crippen molar-refractivity contribution >= 4 is 0 Å². The number of aromatic nitrogens is 2. The molecule has 0 aliphatic rings. The first-order valence-electron chi connectivity index (χ1n) is 4.30. The van der Waals surface area contributed by atoms with E-state index in [9.17, 15) is 4.79 Å². The lowest BCUT2D eigenvalue weighted by Gasteiger charge is -2.02. The van der Waals surface area contributed by atoms with Crippen molar-refractivity contribution in [1.29, 1.82) is 0 Å². The largest absolute Gasteiger partial charge is 0.451 e. The van der Waals surface area contributed by atoms with E-state index in [-0.39, 0.29) is 5.56 Å². The molecule has 2 aromatic rings. The molecule has 0 unspecified atom stereocenters. The van der Waals surface area contributed by atoms with Crippen LogP contribution in [0.1, 0.15) is 11.3 Å². The molecule has 2 aromatic heterocycles. The molecule has 0 aliphatic carbocycles. The number of pyridine rings is 1. The Labute approximate surface area is 80.8 Å². The predicted octanol–water partition coefficient (Wildman–Crippen LogP) is 1.19. The highest BCUT2D eigenvalue weighted by molar-refractivity contribution is 5.08. The van der Waals surface area contributed by atoms with Crippen molar-refractivity contribution < 1.29 is 4.42 Å². The van der Waals surface area contributed by atoms with Crippen LogP contribution in [0.5, 0.6) is 0 Å². The molecule has 0 fully saturated rings. The van der Waals surface area contributed by atoms with Gasteiger partial charge in [0.1, 0.15) is 6.26 Å². The number of oxazole rings is 1. The van der Waals surface area contributed by atoms with Crippen molar-refractivity contribution in [2.75, 3.05) is 0 Å². The van der Waals surface area contributed by atoms with Crippen LogP contribution in [-0.4, -0.2) is 9.55 Å². The lowest BCUT2D eigenvalue weighted by molar-refractivity contribution is 0.555. The summed E-state index contributed by atoms with van der Waals surface area (Å²) in [5.41, 5.74) is 1.49. The number of rotatable bonds is 2. The molecule has 0 saturated carbocycles. The standard InChI is InChI=1S/C10H10N2O2/c1-8-3-2-4-12(10(8)13)5-9-6-14-7-11-9/h2-4,6-7H,5H2,1H3. The van der Waals surface area contributed by atoms with E-state index in [0.29, 0.717) is 6.54 Å². The van der Waals surface area contributed by atoms with Gasteiger partial charge in [-0.2, -0.15) is 0 Å². The van der Waals surface area contributed by atoms with Gasteiger partial charge in [0.05, 0.1) is 12.2 Å². The molecular weight excluding hydrogens is 180 g/mol. The predicted molar refractivity (Wildman–Crippen MR) is 51.0 cm³/mol. The molecule has 72 valence electrons. The molecular formula is C10H10N2O2. The zero-order valence-electron chi connectivity index (χ0n) is 7.80. The minimum atomic E-state index is 0.00972. The van der Waals surface area contributed by atoms with Crippen LogP contribution >= 0.6 is 0 Å². The Morgan fingerprint density at radius 3 is 3.14 bits per heavy atom. The van der Waals surface area contributed by atoms with E-state index in [2.05, 4.69) is 4.98 Å². The van der Waals surface area contributed by atoms with E-state index in [1.54, 1.807) is 23.8 Å². The van der Waals surface area contributed by atoms with Gasteiger partial charge in [0.15, 0.2) is 6.39 Å². The van der Waals surface area contributed by atoms with Gasteiger partial charge in [-0.15, -0.1) is 0 Å². The molecule has 0 spiro atoms. The minimum Gasteiger partial charge on any atom is -0.451 e. The Hall–Kier alpha value is -1.84. The van der Waals surface area contributed by atoms with Crippen LogP contribution in [0, 0.1) is 6.92 Å². The SMILES string of the molecule is Cc1cccn(Cc2cocn2)c1=O. The van der Waals surface area contributed by atoms with Crippen molar-refractivity contribution in [1.82, 2.24) is 9.55 Å².